The standard InChI is InChI=1S/C19H22N2O4S/c1-3-24-17-7-5-4-6-16(17)18(22)21-19(26)20-14-8-10-15(11-9-14)25-13-12-23-2/h4-11H,3,12-13H2,1-2H3,(H2,20,21,22,26). The van der Waals surface area contributed by atoms with Crippen LogP contribution in [-0.2, 0) is 4.74 Å². The van der Waals surface area contributed by atoms with E-state index in [0.717, 1.165) is 11.4 Å². The lowest BCUT2D eigenvalue weighted by Crippen LogP contribution is -2.34. The number of rotatable bonds is 8. The van der Waals surface area contributed by atoms with Crippen LogP contribution in [-0.4, -0.2) is 38.0 Å². The van der Waals surface area contributed by atoms with Crippen molar-refractivity contribution >= 4 is 28.9 Å². The molecule has 2 rings (SSSR count). The molecule has 0 spiro atoms. The van der Waals surface area contributed by atoms with Gasteiger partial charge in [-0.1, -0.05) is 12.1 Å². The number of thiocarbonyl (C=S) groups is 1. The van der Waals surface area contributed by atoms with Crippen LogP contribution >= 0.6 is 12.2 Å². The van der Waals surface area contributed by atoms with Crippen LogP contribution in [0.2, 0.25) is 0 Å². The van der Waals surface area contributed by atoms with Gasteiger partial charge in [0.15, 0.2) is 5.11 Å². The van der Waals surface area contributed by atoms with Crippen molar-refractivity contribution in [1.82, 2.24) is 5.32 Å². The third-order valence-corrected chi connectivity index (χ3v) is 3.53. The summed E-state index contributed by atoms with van der Waals surface area (Å²) in [7, 11) is 1.62. The highest BCUT2D eigenvalue weighted by Gasteiger charge is 2.13. The molecule has 6 nitrogen and oxygen atoms in total. The van der Waals surface area contributed by atoms with E-state index in [2.05, 4.69) is 10.6 Å². The molecule has 7 heteroatoms. The predicted molar refractivity (Wildman–Crippen MR) is 105 cm³/mol. The average molecular weight is 374 g/mol. The highest BCUT2D eigenvalue weighted by atomic mass is 32.1. The minimum Gasteiger partial charge on any atom is -0.493 e. The van der Waals surface area contributed by atoms with Crippen LogP contribution in [0.25, 0.3) is 0 Å². The van der Waals surface area contributed by atoms with Crippen LogP contribution < -0.4 is 20.1 Å². The molecule has 26 heavy (non-hydrogen) atoms. The number of hydrogen-bond acceptors (Lipinski definition) is 5. The highest BCUT2D eigenvalue weighted by molar-refractivity contribution is 7.80. The van der Waals surface area contributed by atoms with Crippen LogP contribution in [0, 0.1) is 0 Å². The van der Waals surface area contributed by atoms with E-state index in [0.29, 0.717) is 31.1 Å². The van der Waals surface area contributed by atoms with Gasteiger partial charge in [-0.2, -0.15) is 0 Å². The summed E-state index contributed by atoms with van der Waals surface area (Å²) in [6.07, 6.45) is 0. The molecule has 2 aromatic carbocycles. The molecular weight excluding hydrogens is 352 g/mol. The number of benzene rings is 2. The number of para-hydroxylation sites is 1. The average Bonchev–Trinajstić information content (AvgIpc) is 2.64. The van der Waals surface area contributed by atoms with Gasteiger partial charge in [0.1, 0.15) is 18.1 Å². The first kappa shape index (κ1) is 19.7. The van der Waals surface area contributed by atoms with E-state index in [1.54, 1.807) is 25.3 Å². The molecule has 2 N–H and O–H groups in total. The zero-order valence-corrected chi connectivity index (χ0v) is 15.6. The number of ether oxygens (including phenoxy) is 3. The Balaban J connectivity index is 1.91. The van der Waals surface area contributed by atoms with E-state index in [-0.39, 0.29) is 11.0 Å². The molecule has 0 aliphatic carbocycles. The summed E-state index contributed by atoms with van der Waals surface area (Å²) in [5, 5.41) is 5.82. The molecule has 0 fully saturated rings. The molecule has 0 aliphatic rings. The molecule has 0 heterocycles. The van der Waals surface area contributed by atoms with Crippen LogP contribution in [0.5, 0.6) is 11.5 Å². The third-order valence-electron chi connectivity index (χ3n) is 3.33. The summed E-state index contributed by atoms with van der Waals surface area (Å²) in [5.74, 6) is 0.923. The summed E-state index contributed by atoms with van der Waals surface area (Å²) in [6, 6.07) is 14.3. The van der Waals surface area contributed by atoms with Crippen molar-refractivity contribution < 1.29 is 19.0 Å². The lowest BCUT2D eigenvalue weighted by Gasteiger charge is -2.12. The molecule has 0 saturated carbocycles. The van der Waals surface area contributed by atoms with Gasteiger partial charge in [-0.15, -0.1) is 0 Å². The van der Waals surface area contributed by atoms with Crippen molar-refractivity contribution in [3.63, 3.8) is 0 Å². The van der Waals surface area contributed by atoms with Crippen LogP contribution in [0.3, 0.4) is 0 Å². The quantitative estimate of drug-likeness (QED) is 0.546. The number of carbonyl (C=O) groups excluding carboxylic acids is 1. The number of methoxy groups -OCH3 is 1. The van der Waals surface area contributed by atoms with Crippen LogP contribution in [0.4, 0.5) is 5.69 Å². The SMILES string of the molecule is CCOc1ccccc1C(=O)NC(=S)Nc1ccc(OCCOC)cc1. The molecular formula is C19H22N2O4S. The first-order chi connectivity index (χ1) is 12.6. The van der Waals surface area contributed by atoms with E-state index in [9.17, 15) is 4.79 Å². The fraction of sp³-hybridized carbons (Fsp3) is 0.263. The number of carbonyl (C=O) groups is 1. The second-order valence-corrected chi connectivity index (χ2v) is 5.61. The number of nitrogens with one attached hydrogen (secondary N) is 2. The summed E-state index contributed by atoms with van der Waals surface area (Å²) in [5.41, 5.74) is 1.17. The molecule has 0 atom stereocenters. The zero-order chi connectivity index (χ0) is 18.8. The topological polar surface area (TPSA) is 68.8 Å². The smallest absolute Gasteiger partial charge is 0.261 e. The fourth-order valence-corrected chi connectivity index (χ4v) is 2.36. The van der Waals surface area contributed by atoms with Crippen molar-refractivity contribution in [1.29, 1.82) is 0 Å². The van der Waals surface area contributed by atoms with Crippen molar-refractivity contribution in [2.24, 2.45) is 0 Å². The molecule has 0 aromatic heterocycles. The molecule has 138 valence electrons. The summed E-state index contributed by atoms with van der Waals surface area (Å²) >= 11 is 5.21. The van der Waals surface area contributed by atoms with Gasteiger partial charge in [0, 0.05) is 12.8 Å². The minimum absolute atomic E-state index is 0.203. The van der Waals surface area contributed by atoms with Crippen molar-refractivity contribution in [2.45, 2.75) is 6.92 Å². The molecule has 0 aliphatic heterocycles. The van der Waals surface area contributed by atoms with E-state index in [4.69, 9.17) is 26.4 Å². The van der Waals surface area contributed by atoms with Crippen molar-refractivity contribution in [3.8, 4) is 11.5 Å². The van der Waals surface area contributed by atoms with E-state index < -0.39 is 0 Å². The van der Waals surface area contributed by atoms with Crippen molar-refractivity contribution in [3.05, 3.63) is 54.1 Å². The van der Waals surface area contributed by atoms with Crippen LogP contribution in [0.15, 0.2) is 48.5 Å². The first-order valence-electron chi connectivity index (χ1n) is 8.20. The second kappa shape index (κ2) is 10.4. The molecule has 2 aromatic rings. The third kappa shape index (κ3) is 6.02. The van der Waals surface area contributed by atoms with E-state index in [1.807, 2.05) is 37.3 Å². The largest absolute Gasteiger partial charge is 0.493 e. The zero-order valence-electron chi connectivity index (χ0n) is 14.8. The fourth-order valence-electron chi connectivity index (χ4n) is 2.15. The Morgan fingerprint density at radius 1 is 1.04 bits per heavy atom. The van der Waals surface area contributed by atoms with E-state index in [1.165, 1.54) is 0 Å². The first-order valence-corrected chi connectivity index (χ1v) is 8.60. The predicted octanol–water partition coefficient (Wildman–Crippen LogP) is 3.24. The minimum atomic E-state index is -0.328. The molecule has 0 bridgehead atoms. The molecule has 0 radical (unpaired) electrons. The Hall–Kier alpha value is -2.64. The molecule has 0 unspecified atom stereocenters. The number of anilines is 1. The van der Waals surface area contributed by atoms with Gasteiger partial charge in [0.05, 0.1) is 18.8 Å². The monoisotopic (exact) mass is 374 g/mol. The van der Waals surface area contributed by atoms with E-state index >= 15 is 0 Å². The second-order valence-electron chi connectivity index (χ2n) is 5.20. The van der Waals surface area contributed by atoms with Gasteiger partial charge in [-0.25, -0.2) is 0 Å². The van der Waals surface area contributed by atoms with Gasteiger partial charge in [-0.05, 0) is 55.5 Å². The Kier molecular flexibility index (Phi) is 7.85. The molecule has 1 amide bonds. The Morgan fingerprint density at radius 2 is 1.77 bits per heavy atom. The number of hydrogen-bond donors (Lipinski definition) is 2. The Morgan fingerprint density at radius 3 is 2.46 bits per heavy atom. The maximum absolute atomic E-state index is 12.4. The summed E-state index contributed by atoms with van der Waals surface area (Å²) < 4.78 is 15.9. The Labute approximate surface area is 158 Å². The Bertz CT molecular complexity index is 735. The van der Waals surface area contributed by atoms with Crippen LogP contribution in [0.1, 0.15) is 17.3 Å². The lowest BCUT2D eigenvalue weighted by molar-refractivity contribution is 0.0974. The number of amides is 1. The normalized spacial score (nSPS) is 10.1. The summed E-state index contributed by atoms with van der Waals surface area (Å²) in [4.78, 5) is 12.4. The van der Waals surface area contributed by atoms with Gasteiger partial charge >= 0.3 is 0 Å². The summed E-state index contributed by atoms with van der Waals surface area (Å²) in [6.45, 7) is 3.35. The highest BCUT2D eigenvalue weighted by Crippen LogP contribution is 2.18. The van der Waals surface area contributed by atoms with Gasteiger partial charge in [0.2, 0.25) is 0 Å². The van der Waals surface area contributed by atoms with Gasteiger partial charge < -0.3 is 19.5 Å². The van der Waals surface area contributed by atoms with Crippen molar-refractivity contribution in [2.75, 3.05) is 32.2 Å². The molecule has 0 saturated heterocycles. The maximum Gasteiger partial charge on any atom is 0.261 e. The van der Waals surface area contributed by atoms with Gasteiger partial charge in [0.25, 0.3) is 5.91 Å². The van der Waals surface area contributed by atoms with Gasteiger partial charge in [-0.3, -0.25) is 10.1 Å². The lowest BCUT2D eigenvalue weighted by atomic mass is 10.2. The maximum atomic E-state index is 12.4.